The summed E-state index contributed by atoms with van der Waals surface area (Å²) in [6, 6.07) is 0.122. The van der Waals surface area contributed by atoms with Crippen LogP contribution in [0.1, 0.15) is 34.6 Å². The molecule has 0 aliphatic carbocycles. The van der Waals surface area contributed by atoms with Gasteiger partial charge in [-0.25, -0.2) is 0 Å². The van der Waals surface area contributed by atoms with Gasteiger partial charge in [0.25, 0.3) is 5.91 Å². The molecule has 0 aliphatic heterocycles. The van der Waals surface area contributed by atoms with Crippen molar-refractivity contribution in [1.82, 2.24) is 4.90 Å². The van der Waals surface area contributed by atoms with Crippen LogP contribution in [-0.4, -0.2) is 16.8 Å². The van der Waals surface area contributed by atoms with Crippen LogP contribution >= 0.6 is 0 Å². The number of carbonyl (C=O) groups is 1. The van der Waals surface area contributed by atoms with Crippen LogP contribution in [0.15, 0.2) is 36.6 Å². The second-order valence-corrected chi connectivity index (χ2v) is 4.59. The molecular formula is C14H23NO. The molecule has 2 heteroatoms. The summed E-state index contributed by atoms with van der Waals surface area (Å²) in [5, 5.41) is 0. The van der Waals surface area contributed by atoms with E-state index < -0.39 is 0 Å². The summed E-state index contributed by atoms with van der Waals surface area (Å²) < 4.78 is 0. The smallest absolute Gasteiger partial charge is 0.254 e. The second-order valence-electron chi connectivity index (χ2n) is 4.59. The Kier molecular flexibility index (Phi) is 5.79. The van der Waals surface area contributed by atoms with Crippen LogP contribution in [-0.2, 0) is 4.79 Å². The topological polar surface area (TPSA) is 20.3 Å². The molecule has 1 amide bonds. The van der Waals surface area contributed by atoms with Crippen molar-refractivity contribution in [2.75, 3.05) is 0 Å². The molecule has 0 spiro atoms. The van der Waals surface area contributed by atoms with Crippen molar-refractivity contribution >= 4 is 5.91 Å². The molecule has 0 aromatic rings. The van der Waals surface area contributed by atoms with Crippen LogP contribution < -0.4 is 0 Å². The first kappa shape index (κ1) is 14.7. The molecule has 0 N–H and O–H groups in total. The molecule has 0 aromatic heterocycles. The van der Waals surface area contributed by atoms with Gasteiger partial charge in [0.05, 0.1) is 0 Å². The Hall–Kier alpha value is -1.31. The third-order valence-corrected chi connectivity index (χ3v) is 2.26. The van der Waals surface area contributed by atoms with E-state index in [1.807, 2.05) is 40.7 Å². The molecule has 2 nitrogen and oxygen atoms in total. The van der Waals surface area contributed by atoms with Crippen molar-refractivity contribution in [3.63, 3.8) is 0 Å². The number of carbonyl (C=O) groups excluding carboxylic acids is 1. The largest absolute Gasteiger partial charge is 0.313 e. The van der Waals surface area contributed by atoms with Crippen molar-refractivity contribution in [3.05, 3.63) is 36.6 Å². The van der Waals surface area contributed by atoms with E-state index in [-0.39, 0.29) is 17.9 Å². The lowest BCUT2D eigenvalue weighted by Gasteiger charge is -2.25. The number of amides is 1. The van der Waals surface area contributed by atoms with Gasteiger partial charge in [0.2, 0.25) is 0 Å². The van der Waals surface area contributed by atoms with Crippen LogP contribution in [0.4, 0.5) is 0 Å². The second kappa shape index (κ2) is 6.31. The molecule has 0 bridgehead atoms. The van der Waals surface area contributed by atoms with Crippen LogP contribution in [0.3, 0.4) is 0 Å². The lowest BCUT2D eigenvalue weighted by molar-refractivity contribution is -0.126. The highest BCUT2D eigenvalue weighted by Crippen LogP contribution is 2.17. The zero-order valence-corrected chi connectivity index (χ0v) is 11.1. The number of allylic oxidation sites excluding steroid dienone is 2. The Bertz CT molecular complexity index is 311. The lowest BCUT2D eigenvalue weighted by atomic mass is 9.99. The standard InChI is InChI=1S/C14H23NO/c1-8-15(12(6)7)14(16)13(11(4)5)9-10(2)3/h8-9,11-12H,1-2H2,3-7H3/b13-9-. The van der Waals surface area contributed by atoms with Gasteiger partial charge >= 0.3 is 0 Å². The zero-order valence-electron chi connectivity index (χ0n) is 11.1. The zero-order chi connectivity index (χ0) is 12.9. The van der Waals surface area contributed by atoms with Crippen molar-refractivity contribution in [2.45, 2.75) is 40.7 Å². The van der Waals surface area contributed by atoms with Crippen molar-refractivity contribution < 1.29 is 4.79 Å². The van der Waals surface area contributed by atoms with Crippen LogP contribution in [0.5, 0.6) is 0 Å². The van der Waals surface area contributed by atoms with E-state index >= 15 is 0 Å². The van der Waals surface area contributed by atoms with Gasteiger partial charge < -0.3 is 4.90 Å². The van der Waals surface area contributed by atoms with E-state index in [9.17, 15) is 4.79 Å². The highest BCUT2D eigenvalue weighted by molar-refractivity contribution is 5.95. The average Bonchev–Trinajstić information content (AvgIpc) is 2.13. The molecule has 90 valence electrons. The first-order valence-corrected chi connectivity index (χ1v) is 5.63. The SMILES string of the molecule is C=CN(C(=O)/C(=C\C(=C)C)C(C)C)C(C)C. The van der Waals surface area contributed by atoms with Gasteiger partial charge in [0.1, 0.15) is 0 Å². The summed E-state index contributed by atoms with van der Waals surface area (Å²) in [6.45, 7) is 17.3. The van der Waals surface area contributed by atoms with Gasteiger partial charge in [0, 0.05) is 17.8 Å². The maximum absolute atomic E-state index is 12.2. The molecule has 0 aromatic carbocycles. The maximum atomic E-state index is 12.2. The fourth-order valence-corrected chi connectivity index (χ4v) is 1.42. The summed E-state index contributed by atoms with van der Waals surface area (Å²) >= 11 is 0. The van der Waals surface area contributed by atoms with E-state index in [0.29, 0.717) is 0 Å². The highest BCUT2D eigenvalue weighted by atomic mass is 16.2. The number of hydrogen-bond donors (Lipinski definition) is 0. The Balaban J connectivity index is 5.16. The van der Waals surface area contributed by atoms with Crippen LogP contribution in [0.25, 0.3) is 0 Å². The maximum Gasteiger partial charge on any atom is 0.254 e. The molecule has 0 radical (unpaired) electrons. The predicted molar refractivity (Wildman–Crippen MR) is 69.9 cm³/mol. The molecule has 0 atom stereocenters. The first-order chi connectivity index (χ1) is 7.31. The molecule has 0 aliphatic rings. The Morgan fingerprint density at radius 2 is 1.75 bits per heavy atom. The molecular weight excluding hydrogens is 198 g/mol. The summed E-state index contributed by atoms with van der Waals surface area (Å²) in [5.41, 5.74) is 1.67. The van der Waals surface area contributed by atoms with Crippen molar-refractivity contribution in [2.24, 2.45) is 5.92 Å². The Labute approximate surface area is 99.3 Å². The van der Waals surface area contributed by atoms with Gasteiger partial charge in [-0.1, -0.05) is 38.7 Å². The Morgan fingerprint density at radius 3 is 2.00 bits per heavy atom. The number of rotatable bonds is 5. The first-order valence-electron chi connectivity index (χ1n) is 5.63. The highest BCUT2D eigenvalue weighted by Gasteiger charge is 2.20. The molecule has 16 heavy (non-hydrogen) atoms. The minimum atomic E-state index is 0.0167. The summed E-state index contributed by atoms with van der Waals surface area (Å²) in [5.74, 6) is 0.202. The third kappa shape index (κ3) is 4.05. The summed E-state index contributed by atoms with van der Waals surface area (Å²) in [7, 11) is 0. The lowest BCUT2D eigenvalue weighted by Crippen LogP contribution is -2.34. The summed E-state index contributed by atoms with van der Waals surface area (Å²) in [6.07, 6.45) is 3.44. The predicted octanol–water partition coefficient (Wildman–Crippen LogP) is 3.53. The van der Waals surface area contributed by atoms with Crippen LogP contribution in [0, 0.1) is 5.92 Å². The van der Waals surface area contributed by atoms with Gasteiger partial charge in [-0.3, -0.25) is 4.79 Å². The van der Waals surface area contributed by atoms with Gasteiger partial charge in [0.15, 0.2) is 0 Å². The number of nitrogens with zero attached hydrogens (tertiary/aromatic N) is 1. The minimum absolute atomic E-state index is 0.0167. The van der Waals surface area contributed by atoms with E-state index in [2.05, 4.69) is 13.2 Å². The minimum Gasteiger partial charge on any atom is -0.313 e. The van der Waals surface area contributed by atoms with E-state index in [1.54, 1.807) is 11.1 Å². The molecule has 0 unspecified atom stereocenters. The molecule has 0 saturated heterocycles. The van der Waals surface area contributed by atoms with E-state index in [4.69, 9.17) is 0 Å². The molecule has 0 saturated carbocycles. The van der Waals surface area contributed by atoms with Crippen molar-refractivity contribution in [3.8, 4) is 0 Å². The van der Waals surface area contributed by atoms with Gasteiger partial charge in [-0.15, -0.1) is 0 Å². The van der Waals surface area contributed by atoms with Gasteiger partial charge in [-0.05, 0) is 26.7 Å². The third-order valence-electron chi connectivity index (χ3n) is 2.26. The van der Waals surface area contributed by atoms with Crippen LogP contribution in [0.2, 0.25) is 0 Å². The average molecular weight is 221 g/mol. The molecule has 0 rings (SSSR count). The fraction of sp³-hybridized carbons (Fsp3) is 0.500. The molecule has 0 fully saturated rings. The summed E-state index contributed by atoms with van der Waals surface area (Å²) in [4.78, 5) is 13.9. The Morgan fingerprint density at radius 1 is 1.25 bits per heavy atom. The number of hydrogen-bond acceptors (Lipinski definition) is 1. The van der Waals surface area contributed by atoms with Gasteiger partial charge in [-0.2, -0.15) is 0 Å². The molecule has 0 heterocycles. The van der Waals surface area contributed by atoms with E-state index in [1.165, 1.54) is 0 Å². The fourth-order valence-electron chi connectivity index (χ4n) is 1.42. The quantitative estimate of drug-likeness (QED) is 0.514. The monoisotopic (exact) mass is 221 g/mol. The van der Waals surface area contributed by atoms with Crippen molar-refractivity contribution in [1.29, 1.82) is 0 Å². The normalized spacial score (nSPS) is 11.8. The van der Waals surface area contributed by atoms with E-state index in [0.717, 1.165) is 11.1 Å².